The summed E-state index contributed by atoms with van der Waals surface area (Å²) in [7, 11) is -3.37. The van der Waals surface area contributed by atoms with E-state index in [4.69, 9.17) is 4.74 Å². The van der Waals surface area contributed by atoms with Crippen molar-refractivity contribution in [2.45, 2.75) is 39.2 Å². The van der Waals surface area contributed by atoms with Gasteiger partial charge in [0.05, 0.1) is 24.1 Å². The molecule has 7 nitrogen and oxygen atoms in total. The zero-order valence-corrected chi connectivity index (χ0v) is 20.5. The van der Waals surface area contributed by atoms with Crippen molar-refractivity contribution >= 4 is 45.6 Å². The standard InChI is InChI=1S/C20H32N4O3S.HI/c1-3-21-20(23-13-10-18(11-14-23)27-4-2)22-12-16-28(25,26)24-15-9-17-7-5-6-8-19(17)24;/h5-8,18H,3-4,9-16H2,1-2H3,(H,21,22);1H. The first-order valence-corrected chi connectivity index (χ1v) is 11.9. The average molecular weight is 536 g/mol. The molecule has 0 amide bonds. The number of likely N-dealkylation sites (tertiary alicyclic amines) is 1. The number of benzene rings is 1. The minimum Gasteiger partial charge on any atom is -0.378 e. The highest BCUT2D eigenvalue weighted by Gasteiger charge is 2.29. The Bertz CT molecular complexity index is 780. The SMILES string of the molecule is CCNC(=NCCS(=O)(=O)N1CCc2ccccc21)N1CCC(OCC)CC1.I. The first-order chi connectivity index (χ1) is 13.5. The first kappa shape index (κ1) is 24.2. The number of fused-ring (bicyclic) bond motifs is 1. The van der Waals surface area contributed by atoms with Gasteiger partial charge in [-0.1, -0.05) is 18.2 Å². The van der Waals surface area contributed by atoms with Gasteiger partial charge in [0.1, 0.15) is 0 Å². The Morgan fingerprint density at radius 2 is 1.93 bits per heavy atom. The number of nitrogens with zero attached hydrogens (tertiary/aromatic N) is 3. The molecule has 0 unspecified atom stereocenters. The van der Waals surface area contributed by atoms with Crippen molar-refractivity contribution in [2.24, 2.45) is 4.99 Å². The van der Waals surface area contributed by atoms with Crippen molar-refractivity contribution in [2.75, 3.05) is 49.4 Å². The maximum atomic E-state index is 12.8. The van der Waals surface area contributed by atoms with E-state index in [1.807, 2.05) is 38.1 Å². The summed E-state index contributed by atoms with van der Waals surface area (Å²) in [6, 6.07) is 7.73. The molecule has 0 radical (unpaired) electrons. The van der Waals surface area contributed by atoms with E-state index in [-0.39, 0.29) is 36.3 Å². The summed E-state index contributed by atoms with van der Waals surface area (Å²) < 4.78 is 32.9. The van der Waals surface area contributed by atoms with Gasteiger partial charge in [0.2, 0.25) is 10.0 Å². The topological polar surface area (TPSA) is 74.2 Å². The van der Waals surface area contributed by atoms with Gasteiger partial charge in [0.25, 0.3) is 0 Å². The zero-order valence-electron chi connectivity index (χ0n) is 17.3. The molecule has 2 aliphatic rings. The van der Waals surface area contributed by atoms with Crippen LogP contribution in [0.3, 0.4) is 0 Å². The predicted octanol–water partition coefficient (Wildman–Crippen LogP) is 2.46. The lowest BCUT2D eigenvalue weighted by Gasteiger charge is -2.34. The van der Waals surface area contributed by atoms with E-state index in [0.717, 1.165) is 62.7 Å². The second-order valence-corrected chi connectivity index (χ2v) is 9.16. The molecule has 3 rings (SSSR count). The van der Waals surface area contributed by atoms with E-state index < -0.39 is 10.0 Å². The summed E-state index contributed by atoms with van der Waals surface area (Å²) in [5.41, 5.74) is 1.91. The smallest absolute Gasteiger partial charge is 0.237 e. The summed E-state index contributed by atoms with van der Waals surface area (Å²) in [5, 5.41) is 3.30. The van der Waals surface area contributed by atoms with Gasteiger partial charge in [-0.05, 0) is 44.7 Å². The fourth-order valence-electron chi connectivity index (χ4n) is 3.87. The number of aliphatic imine (C=N–C) groups is 1. The molecular formula is C20H33IN4O3S. The van der Waals surface area contributed by atoms with Crippen LogP contribution in [0.15, 0.2) is 29.3 Å². The maximum absolute atomic E-state index is 12.8. The molecule has 0 aromatic heterocycles. The van der Waals surface area contributed by atoms with Crippen LogP contribution in [0.1, 0.15) is 32.3 Å². The van der Waals surface area contributed by atoms with Crippen LogP contribution < -0.4 is 9.62 Å². The number of sulfonamides is 1. The number of piperidine rings is 1. The Morgan fingerprint density at radius 1 is 1.21 bits per heavy atom. The second-order valence-electron chi connectivity index (χ2n) is 7.14. The Balaban J connectivity index is 0.00000300. The minimum atomic E-state index is -3.37. The van der Waals surface area contributed by atoms with E-state index in [0.29, 0.717) is 12.6 Å². The monoisotopic (exact) mass is 536 g/mol. The number of ether oxygens (including phenoxy) is 1. The Kier molecular flexibility index (Phi) is 9.48. The van der Waals surface area contributed by atoms with Crippen molar-refractivity contribution in [1.82, 2.24) is 10.2 Å². The van der Waals surface area contributed by atoms with Crippen LogP contribution in [-0.4, -0.2) is 70.5 Å². The van der Waals surface area contributed by atoms with Crippen molar-refractivity contribution in [1.29, 1.82) is 0 Å². The predicted molar refractivity (Wildman–Crippen MR) is 129 cm³/mol. The molecule has 9 heteroatoms. The molecule has 0 saturated carbocycles. The molecule has 2 heterocycles. The van der Waals surface area contributed by atoms with Gasteiger partial charge in [0.15, 0.2) is 5.96 Å². The molecule has 0 aliphatic carbocycles. The molecule has 164 valence electrons. The van der Waals surface area contributed by atoms with E-state index in [9.17, 15) is 8.42 Å². The quantitative estimate of drug-likeness (QED) is 0.330. The van der Waals surface area contributed by atoms with Crippen LogP contribution in [0.5, 0.6) is 0 Å². The van der Waals surface area contributed by atoms with Crippen LogP contribution in [0.2, 0.25) is 0 Å². The number of guanidine groups is 1. The van der Waals surface area contributed by atoms with Crippen LogP contribution >= 0.6 is 24.0 Å². The number of halogens is 1. The summed E-state index contributed by atoms with van der Waals surface area (Å²) in [5.74, 6) is 0.820. The van der Waals surface area contributed by atoms with Gasteiger partial charge in [-0.2, -0.15) is 0 Å². The van der Waals surface area contributed by atoms with E-state index in [2.05, 4.69) is 15.2 Å². The number of nitrogens with one attached hydrogen (secondary N) is 1. The third kappa shape index (κ3) is 6.21. The highest BCUT2D eigenvalue weighted by Crippen LogP contribution is 2.29. The van der Waals surface area contributed by atoms with Gasteiger partial charge in [-0.15, -0.1) is 24.0 Å². The summed E-state index contributed by atoms with van der Waals surface area (Å²) in [4.78, 5) is 6.81. The molecule has 1 aromatic carbocycles. The van der Waals surface area contributed by atoms with Crippen LogP contribution in [0, 0.1) is 0 Å². The second kappa shape index (κ2) is 11.4. The first-order valence-electron chi connectivity index (χ1n) is 10.3. The molecule has 1 N–H and O–H groups in total. The van der Waals surface area contributed by atoms with Gasteiger partial charge in [-0.3, -0.25) is 9.30 Å². The molecule has 2 aliphatic heterocycles. The van der Waals surface area contributed by atoms with Gasteiger partial charge >= 0.3 is 0 Å². The Morgan fingerprint density at radius 3 is 2.62 bits per heavy atom. The highest BCUT2D eigenvalue weighted by molar-refractivity contribution is 14.0. The number of hydrogen-bond donors (Lipinski definition) is 1. The van der Waals surface area contributed by atoms with Gasteiger partial charge < -0.3 is 15.0 Å². The summed E-state index contributed by atoms with van der Waals surface area (Å²) in [6.45, 7) is 8.10. The van der Waals surface area contributed by atoms with Crippen LogP contribution in [-0.2, 0) is 21.2 Å². The third-order valence-corrected chi connectivity index (χ3v) is 7.02. The van der Waals surface area contributed by atoms with Gasteiger partial charge in [-0.25, -0.2) is 8.42 Å². The summed E-state index contributed by atoms with van der Waals surface area (Å²) >= 11 is 0. The molecule has 29 heavy (non-hydrogen) atoms. The largest absolute Gasteiger partial charge is 0.378 e. The lowest BCUT2D eigenvalue weighted by molar-refractivity contribution is 0.0264. The summed E-state index contributed by atoms with van der Waals surface area (Å²) in [6.07, 6.45) is 3.04. The van der Waals surface area contributed by atoms with E-state index >= 15 is 0 Å². The lowest BCUT2D eigenvalue weighted by atomic mass is 10.1. The van der Waals surface area contributed by atoms with Crippen molar-refractivity contribution in [3.05, 3.63) is 29.8 Å². The molecule has 0 atom stereocenters. The van der Waals surface area contributed by atoms with Crippen molar-refractivity contribution in [3.63, 3.8) is 0 Å². The third-order valence-electron chi connectivity index (χ3n) is 5.27. The molecule has 0 bridgehead atoms. The van der Waals surface area contributed by atoms with Crippen LogP contribution in [0.4, 0.5) is 5.69 Å². The zero-order chi connectivity index (χ0) is 20.0. The molecule has 1 saturated heterocycles. The molecular weight excluding hydrogens is 503 g/mol. The van der Waals surface area contributed by atoms with E-state index in [1.54, 1.807) is 4.31 Å². The van der Waals surface area contributed by atoms with Crippen molar-refractivity contribution < 1.29 is 13.2 Å². The van der Waals surface area contributed by atoms with Crippen LogP contribution in [0.25, 0.3) is 0 Å². The highest BCUT2D eigenvalue weighted by atomic mass is 127. The molecule has 0 spiro atoms. The molecule has 1 fully saturated rings. The average Bonchev–Trinajstić information content (AvgIpc) is 3.13. The van der Waals surface area contributed by atoms with Crippen molar-refractivity contribution in [3.8, 4) is 0 Å². The number of para-hydroxylation sites is 1. The Hall–Kier alpha value is -1.07. The number of hydrogen-bond acceptors (Lipinski definition) is 4. The minimum absolute atomic E-state index is 0. The lowest BCUT2D eigenvalue weighted by Crippen LogP contribution is -2.47. The Labute approximate surface area is 192 Å². The fourth-order valence-corrected chi connectivity index (χ4v) is 5.26. The number of anilines is 1. The molecule has 1 aromatic rings. The van der Waals surface area contributed by atoms with E-state index in [1.165, 1.54) is 0 Å². The maximum Gasteiger partial charge on any atom is 0.237 e. The van der Waals surface area contributed by atoms with Gasteiger partial charge in [0, 0.05) is 32.8 Å². The normalized spacial score (nSPS) is 17.8. The number of rotatable bonds is 7. The fraction of sp³-hybridized carbons (Fsp3) is 0.650.